The molecular formula is C23H31N5O3. The van der Waals surface area contributed by atoms with Gasteiger partial charge in [0, 0.05) is 63.5 Å². The van der Waals surface area contributed by atoms with E-state index in [4.69, 9.17) is 4.98 Å². The Hall–Kier alpha value is -2.87. The molecule has 2 aliphatic heterocycles. The molecule has 0 saturated carbocycles. The lowest BCUT2D eigenvalue weighted by Crippen LogP contribution is -2.47. The van der Waals surface area contributed by atoms with Crippen molar-refractivity contribution in [3.05, 3.63) is 40.7 Å². The number of hydrogen-bond donors (Lipinski definition) is 2. The van der Waals surface area contributed by atoms with E-state index in [0.717, 1.165) is 49.9 Å². The van der Waals surface area contributed by atoms with Crippen LogP contribution in [0.25, 0.3) is 0 Å². The van der Waals surface area contributed by atoms with E-state index >= 15 is 0 Å². The Morgan fingerprint density at radius 3 is 2.52 bits per heavy atom. The second-order valence-corrected chi connectivity index (χ2v) is 8.62. The Morgan fingerprint density at radius 2 is 1.84 bits per heavy atom. The third kappa shape index (κ3) is 4.30. The molecule has 2 aromatic rings. The van der Waals surface area contributed by atoms with Crippen LogP contribution >= 0.6 is 0 Å². The highest BCUT2D eigenvalue weighted by Gasteiger charge is 2.27. The fraction of sp³-hybridized carbons (Fsp3) is 0.522. The van der Waals surface area contributed by atoms with E-state index in [1.54, 1.807) is 11.0 Å². The number of piperazine rings is 1. The van der Waals surface area contributed by atoms with Gasteiger partial charge in [-0.05, 0) is 24.1 Å². The number of aromatic nitrogens is 2. The summed E-state index contributed by atoms with van der Waals surface area (Å²) >= 11 is 0. The molecule has 2 aliphatic rings. The maximum atomic E-state index is 13.1. The predicted octanol–water partition coefficient (Wildman–Crippen LogP) is 2.35. The molecule has 1 aromatic heterocycles. The molecule has 0 bridgehead atoms. The molecule has 0 unspecified atom stereocenters. The molecular weight excluding hydrogens is 394 g/mol. The van der Waals surface area contributed by atoms with Crippen LogP contribution in [0, 0.1) is 0 Å². The summed E-state index contributed by atoms with van der Waals surface area (Å²) in [5, 5.41) is 20.3. The summed E-state index contributed by atoms with van der Waals surface area (Å²) in [6.45, 7) is 12.0. The van der Waals surface area contributed by atoms with E-state index in [0.29, 0.717) is 25.1 Å². The largest absolute Gasteiger partial charge is 0.508 e. The molecule has 1 aromatic carbocycles. The summed E-state index contributed by atoms with van der Waals surface area (Å²) < 4.78 is 0. The lowest BCUT2D eigenvalue weighted by molar-refractivity contribution is 0.0730. The van der Waals surface area contributed by atoms with Gasteiger partial charge in [-0.3, -0.25) is 4.79 Å². The van der Waals surface area contributed by atoms with Crippen molar-refractivity contribution in [2.45, 2.75) is 39.7 Å². The molecule has 0 atom stereocenters. The summed E-state index contributed by atoms with van der Waals surface area (Å²) in [7, 11) is 0. The SMILES string of the molecule is CCN1CCN(c2ncc3c(n2)CCN(C(=O)c2cc(C(C)C)c(O)cc2O)C3)CC1. The summed E-state index contributed by atoms with van der Waals surface area (Å²) in [5.41, 5.74) is 2.80. The van der Waals surface area contributed by atoms with Gasteiger partial charge >= 0.3 is 0 Å². The van der Waals surface area contributed by atoms with Crippen LogP contribution in [-0.2, 0) is 13.0 Å². The predicted molar refractivity (Wildman–Crippen MR) is 119 cm³/mol. The zero-order chi connectivity index (χ0) is 22.1. The van der Waals surface area contributed by atoms with Gasteiger partial charge in [-0.25, -0.2) is 9.97 Å². The first kappa shape index (κ1) is 21.4. The second-order valence-electron chi connectivity index (χ2n) is 8.62. The minimum Gasteiger partial charge on any atom is -0.508 e. The topological polar surface area (TPSA) is 93.0 Å². The first-order valence-corrected chi connectivity index (χ1v) is 11.0. The van der Waals surface area contributed by atoms with Crippen LogP contribution in [0.5, 0.6) is 11.5 Å². The summed E-state index contributed by atoms with van der Waals surface area (Å²) in [4.78, 5) is 28.8. The summed E-state index contributed by atoms with van der Waals surface area (Å²) in [6.07, 6.45) is 2.49. The van der Waals surface area contributed by atoms with Crippen LogP contribution in [0.2, 0.25) is 0 Å². The second kappa shape index (κ2) is 8.70. The number of carbonyl (C=O) groups excluding carboxylic acids is 1. The molecule has 4 rings (SSSR count). The van der Waals surface area contributed by atoms with Crippen molar-refractivity contribution in [3.63, 3.8) is 0 Å². The molecule has 166 valence electrons. The molecule has 2 N–H and O–H groups in total. The van der Waals surface area contributed by atoms with E-state index in [1.165, 1.54) is 6.07 Å². The third-order valence-electron chi connectivity index (χ3n) is 6.31. The Balaban J connectivity index is 1.49. The summed E-state index contributed by atoms with van der Waals surface area (Å²) in [6, 6.07) is 2.86. The van der Waals surface area contributed by atoms with Gasteiger partial charge < -0.3 is 24.9 Å². The van der Waals surface area contributed by atoms with Crippen molar-refractivity contribution in [1.29, 1.82) is 0 Å². The van der Waals surface area contributed by atoms with Crippen LogP contribution in [0.1, 0.15) is 53.9 Å². The number of aromatic hydroxyl groups is 2. The van der Waals surface area contributed by atoms with Gasteiger partial charge in [0.2, 0.25) is 5.95 Å². The molecule has 3 heterocycles. The molecule has 31 heavy (non-hydrogen) atoms. The van der Waals surface area contributed by atoms with Crippen molar-refractivity contribution < 1.29 is 15.0 Å². The van der Waals surface area contributed by atoms with E-state index in [1.807, 2.05) is 20.0 Å². The molecule has 1 saturated heterocycles. The molecule has 0 spiro atoms. The van der Waals surface area contributed by atoms with Gasteiger partial charge in [-0.2, -0.15) is 0 Å². The van der Waals surface area contributed by atoms with Gasteiger partial charge in [-0.1, -0.05) is 20.8 Å². The Morgan fingerprint density at radius 1 is 1.10 bits per heavy atom. The Kier molecular flexibility index (Phi) is 6.00. The van der Waals surface area contributed by atoms with E-state index in [-0.39, 0.29) is 28.9 Å². The van der Waals surface area contributed by atoms with Crippen LogP contribution in [0.15, 0.2) is 18.3 Å². The zero-order valence-corrected chi connectivity index (χ0v) is 18.5. The standard InChI is InChI=1S/C23H31N5O3/c1-4-26-7-9-27(10-8-26)23-24-13-16-14-28(6-5-19(16)25-23)22(31)18-11-17(15(2)3)20(29)12-21(18)30/h11-13,15,29-30H,4-10,14H2,1-3H3. The fourth-order valence-corrected chi connectivity index (χ4v) is 4.29. The molecule has 0 aliphatic carbocycles. The average molecular weight is 426 g/mol. The highest BCUT2D eigenvalue weighted by Crippen LogP contribution is 2.33. The molecule has 0 radical (unpaired) electrons. The number of fused-ring (bicyclic) bond motifs is 1. The number of nitrogens with zero attached hydrogens (tertiary/aromatic N) is 5. The lowest BCUT2D eigenvalue weighted by Gasteiger charge is -2.35. The number of rotatable bonds is 4. The number of amides is 1. The highest BCUT2D eigenvalue weighted by atomic mass is 16.3. The Bertz CT molecular complexity index is 970. The first-order chi connectivity index (χ1) is 14.9. The molecule has 1 amide bonds. The van der Waals surface area contributed by atoms with Crippen molar-refractivity contribution in [3.8, 4) is 11.5 Å². The van der Waals surface area contributed by atoms with Crippen LogP contribution in [-0.4, -0.2) is 75.2 Å². The summed E-state index contributed by atoms with van der Waals surface area (Å²) in [5.74, 6) is 0.376. The van der Waals surface area contributed by atoms with Gasteiger partial charge in [0.15, 0.2) is 0 Å². The van der Waals surface area contributed by atoms with Gasteiger partial charge in [-0.15, -0.1) is 0 Å². The lowest BCUT2D eigenvalue weighted by atomic mass is 9.97. The molecule has 1 fully saturated rings. The van der Waals surface area contributed by atoms with Gasteiger partial charge in [0.1, 0.15) is 11.5 Å². The normalized spacial score (nSPS) is 17.2. The number of benzene rings is 1. The van der Waals surface area contributed by atoms with Gasteiger partial charge in [0.25, 0.3) is 5.91 Å². The van der Waals surface area contributed by atoms with Crippen LogP contribution in [0.3, 0.4) is 0 Å². The molecule has 8 heteroatoms. The number of likely N-dealkylation sites (N-methyl/N-ethyl adjacent to an activating group) is 1. The average Bonchev–Trinajstić information content (AvgIpc) is 2.78. The highest BCUT2D eigenvalue weighted by molar-refractivity contribution is 5.97. The van der Waals surface area contributed by atoms with Crippen molar-refractivity contribution in [1.82, 2.24) is 19.8 Å². The maximum Gasteiger partial charge on any atom is 0.257 e. The quantitative estimate of drug-likeness (QED) is 0.777. The van der Waals surface area contributed by atoms with Crippen LogP contribution in [0.4, 0.5) is 5.95 Å². The van der Waals surface area contributed by atoms with Crippen molar-refractivity contribution in [2.24, 2.45) is 0 Å². The number of phenolic OH excluding ortho intramolecular Hbond substituents is 2. The zero-order valence-electron chi connectivity index (χ0n) is 18.5. The number of phenols is 2. The molecule has 8 nitrogen and oxygen atoms in total. The van der Waals surface area contributed by atoms with E-state index < -0.39 is 0 Å². The van der Waals surface area contributed by atoms with E-state index in [9.17, 15) is 15.0 Å². The number of anilines is 1. The minimum atomic E-state index is -0.246. The minimum absolute atomic E-state index is 0.00809. The smallest absolute Gasteiger partial charge is 0.257 e. The monoisotopic (exact) mass is 425 g/mol. The number of hydrogen-bond acceptors (Lipinski definition) is 7. The number of carbonyl (C=O) groups is 1. The van der Waals surface area contributed by atoms with E-state index in [2.05, 4.69) is 21.7 Å². The first-order valence-electron chi connectivity index (χ1n) is 11.0. The Labute approximate surface area is 183 Å². The van der Waals surface area contributed by atoms with Crippen molar-refractivity contribution >= 4 is 11.9 Å². The third-order valence-corrected chi connectivity index (χ3v) is 6.31. The van der Waals surface area contributed by atoms with Crippen LogP contribution < -0.4 is 4.90 Å². The van der Waals surface area contributed by atoms with Gasteiger partial charge in [0.05, 0.1) is 11.3 Å². The fourth-order valence-electron chi connectivity index (χ4n) is 4.29. The van der Waals surface area contributed by atoms with Crippen molar-refractivity contribution in [2.75, 3.05) is 44.2 Å². The maximum absolute atomic E-state index is 13.1.